The number of fused-ring (bicyclic) bond motifs is 4. The van der Waals surface area contributed by atoms with E-state index in [1.165, 1.54) is 18.2 Å². The zero-order chi connectivity index (χ0) is 18.9. The molecule has 0 aliphatic carbocycles. The third kappa shape index (κ3) is 1.96. The molecule has 0 bridgehead atoms. The van der Waals surface area contributed by atoms with E-state index in [-0.39, 0.29) is 12.3 Å². The second-order valence-corrected chi connectivity index (χ2v) is 7.69. The Kier molecular flexibility index (Phi) is 3.11. The van der Waals surface area contributed by atoms with Crippen LogP contribution in [-0.4, -0.2) is 16.4 Å². The number of carbonyl (C=O) groups excluding carboxylic acids is 2. The third-order valence-electron chi connectivity index (χ3n) is 5.04. The first kappa shape index (κ1) is 16.3. The highest BCUT2D eigenvalue weighted by Gasteiger charge is 2.55. The molecule has 2 aliphatic rings. The van der Waals surface area contributed by atoms with Crippen molar-refractivity contribution in [1.29, 1.82) is 5.26 Å². The molecule has 1 spiro atoms. The van der Waals surface area contributed by atoms with Crippen molar-refractivity contribution in [2.75, 3.05) is 10.6 Å². The third-order valence-corrected chi connectivity index (χ3v) is 5.04. The SMILES string of the molecule is CC(C)(C)n1cc(C#N)c2c1NC(=O)C[C@]21C(=O)Nc2ccc(F)cc21. The lowest BCUT2D eigenvalue weighted by Gasteiger charge is -2.34. The van der Waals surface area contributed by atoms with Gasteiger partial charge in [0.1, 0.15) is 23.1 Å². The van der Waals surface area contributed by atoms with E-state index in [0.29, 0.717) is 28.2 Å². The Hall–Kier alpha value is -3.14. The molecule has 2 N–H and O–H groups in total. The Morgan fingerprint density at radius 2 is 2.00 bits per heavy atom. The molecule has 2 aromatic rings. The van der Waals surface area contributed by atoms with Gasteiger partial charge in [0.15, 0.2) is 0 Å². The number of nitrogens with one attached hydrogen (secondary N) is 2. The molecule has 0 unspecified atom stereocenters. The molecule has 2 aliphatic heterocycles. The van der Waals surface area contributed by atoms with Crippen LogP contribution in [0.5, 0.6) is 0 Å². The number of carbonyl (C=O) groups is 2. The van der Waals surface area contributed by atoms with Crippen LogP contribution >= 0.6 is 0 Å². The lowest BCUT2D eigenvalue weighted by atomic mass is 9.70. The monoisotopic (exact) mass is 352 g/mol. The van der Waals surface area contributed by atoms with Crippen molar-refractivity contribution in [2.24, 2.45) is 0 Å². The smallest absolute Gasteiger partial charge is 0.240 e. The van der Waals surface area contributed by atoms with Gasteiger partial charge in [-0.1, -0.05) is 0 Å². The number of rotatable bonds is 0. The van der Waals surface area contributed by atoms with Crippen LogP contribution in [0.4, 0.5) is 15.9 Å². The summed E-state index contributed by atoms with van der Waals surface area (Å²) in [5, 5.41) is 15.2. The van der Waals surface area contributed by atoms with Gasteiger partial charge >= 0.3 is 0 Å². The van der Waals surface area contributed by atoms with Crippen LogP contribution in [0.15, 0.2) is 24.4 Å². The molecule has 1 atom stereocenters. The van der Waals surface area contributed by atoms with Gasteiger partial charge in [-0.05, 0) is 44.5 Å². The molecule has 26 heavy (non-hydrogen) atoms. The average Bonchev–Trinajstić information content (AvgIpc) is 3.05. The molecule has 0 saturated heterocycles. The summed E-state index contributed by atoms with van der Waals surface area (Å²) < 4.78 is 15.7. The number of amides is 2. The van der Waals surface area contributed by atoms with Crippen LogP contribution in [0.3, 0.4) is 0 Å². The Morgan fingerprint density at radius 3 is 2.65 bits per heavy atom. The van der Waals surface area contributed by atoms with E-state index in [2.05, 4.69) is 16.7 Å². The van der Waals surface area contributed by atoms with Crippen molar-refractivity contribution in [3.05, 3.63) is 46.9 Å². The van der Waals surface area contributed by atoms with Gasteiger partial charge in [0, 0.05) is 29.4 Å². The van der Waals surface area contributed by atoms with Gasteiger partial charge in [-0.2, -0.15) is 5.26 Å². The van der Waals surface area contributed by atoms with Crippen LogP contribution in [0.2, 0.25) is 0 Å². The molecular formula is C19H17FN4O2. The first-order valence-corrected chi connectivity index (χ1v) is 8.26. The molecule has 0 radical (unpaired) electrons. The molecule has 4 rings (SSSR count). The molecule has 0 fully saturated rings. The van der Waals surface area contributed by atoms with Gasteiger partial charge in [-0.3, -0.25) is 9.59 Å². The summed E-state index contributed by atoms with van der Waals surface area (Å²) in [6.45, 7) is 5.80. The fraction of sp³-hybridized carbons (Fsp3) is 0.316. The summed E-state index contributed by atoms with van der Waals surface area (Å²) in [4.78, 5) is 25.5. The summed E-state index contributed by atoms with van der Waals surface area (Å²) in [7, 11) is 0. The summed E-state index contributed by atoms with van der Waals surface area (Å²) in [5.41, 5.74) is -0.258. The summed E-state index contributed by atoms with van der Waals surface area (Å²) in [6, 6.07) is 6.14. The summed E-state index contributed by atoms with van der Waals surface area (Å²) in [6.07, 6.45) is 1.47. The predicted molar refractivity (Wildman–Crippen MR) is 93.2 cm³/mol. The van der Waals surface area contributed by atoms with Crippen molar-refractivity contribution in [1.82, 2.24) is 4.57 Å². The highest BCUT2D eigenvalue weighted by molar-refractivity contribution is 6.15. The highest BCUT2D eigenvalue weighted by Crippen LogP contribution is 2.52. The minimum atomic E-state index is -1.41. The van der Waals surface area contributed by atoms with E-state index < -0.39 is 22.7 Å². The van der Waals surface area contributed by atoms with Crippen LogP contribution in [0.1, 0.15) is 43.9 Å². The summed E-state index contributed by atoms with van der Waals surface area (Å²) in [5.74, 6) is -0.853. The first-order chi connectivity index (χ1) is 12.2. The minimum absolute atomic E-state index is 0.175. The maximum absolute atomic E-state index is 14.0. The van der Waals surface area contributed by atoms with Crippen molar-refractivity contribution >= 4 is 23.3 Å². The second kappa shape index (κ2) is 4.94. The lowest BCUT2D eigenvalue weighted by molar-refractivity contribution is -0.125. The Labute approximate surface area is 149 Å². The average molecular weight is 352 g/mol. The maximum Gasteiger partial charge on any atom is 0.240 e. The number of anilines is 2. The predicted octanol–water partition coefficient (Wildman–Crippen LogP) is 2.83. The fourth-order valence-corrected chi connectivity index (χ4v) is 3.93. The number of hydrogen-bond donors (Lipinski definition) is 2. The van der Waals surface area contributed by atoms with Gasteiger partial charge in [0.05, 0.1) is 5.56 Å². The Balaban J connectivity index is 2.12. The van der Waals surface area contributed by atoms with Gasteiger partial charge in [-0.25, -0.2) is 4.39 Å². The quantitative estimate of drug-likeness (QED) is 0.764. The lowest BCUT2D eigenvalue weighted by Crippen LogP contribution is -2.44. The number of nitriles is 1. The molecule has 2 amide bonds. The standard InChI is InChI=1S/C19H17FN4O2/c1-18(2,3)24-9-10(8-21)15-16(24)23-14(25)7-19(15)12-6-11(20)4-5-13(12)22-17(19)26/h4-6,9H,7H2,1-3H3,(H,22,26)(H,23,25)/t19-/m1/s1. The van der Waals surface area contributed by atoms with E-state index in [4.69, 9.17) is 0 Å². The number of benzene rings is 1. The second-order valence-electron chi connectivity index (χ2n) is 7.69. The zero-order valence-corrected chi connectivity index (χ0v) is 14.6. The van der Waals surface area contributed by atoms with Crippen molar-refractivity contribution in [3.8, 4) is 6.07 Å². The van der Waals surface area contributed by atoms with Crippen molar-refractivity contribution in [3.63, 3.8) is 0 Å². The van der Waals surface area contributed by atoms with E-state index in [1.807, 2.05) is 20.8 Å². The Bertz CT molecular complexity index is 1030. The van der Waals surface area contributed by atoms with Gasteiger partial charge in [0.25, 0.3) is 0 Å². The highest BCUT2D eigenvalue weighted by atomic mass is 19.1. The molecule has 1 aromatic carbocycles. The first-order valence-electron chi connectivity index (χ1n) is 8.26. The van der Waals surface area contributed by atoms with Crippen molar-refractivity contribution in [2.45, 2.75) is 38.1 Å². The number of hydrogen-bond acceptors (Lipinski definition) is 3. The molecule has 0 saturated carbocycles. The Morgan fingerprint density at radius 1 is 1.27 bits per heavy atom. The maximum atomic E-state index is 14.0. The van der Waals surface area contributed by atoms with Gasteiger partial charge < -0.3 is 15.2 Å². The number of nitrogens with zero attached hydrogens (tertiary/aromatic N) is 2. The zero-order valence-electron chi connectivity index (χ0n) is 14.6. The van der Waals surface area contributed by atoms with Gasteiger partial charge in [-0.15, -0.1) is 0 Å². The van der Waals surface area contributed by atoms with E-state index in [9.17, 15) is 19.2 Å². The van der Waals surface area contributed by atoms with Crippen LogP contribution in [0, 0.1) is 17.1 Å². The van der Waals surface area contributed by atoms with Crippen LogP contribution < -0.4 is 10.6 Å². The molecule has 3 heterocycles. The normalized spacial score (nSPS) is 21.0. The van der Waals surface area contributed by atoms with Crippen molar-refractivity contribution < 1.29 is 14.0 Å². The molecule has 6 nitrogen and oxygen atoms in total. The fourth-order valence-electron chi connectivity index (χ4n) is 3.93. The number of aromatic nitrogens is 1. The topological polar surface area (TPSA) is 86.9 Å². The summed E-state index contributed by atoms with van der Waals surface area (Å²) >= 11 is 0. The largest absolute Gasteiger partial charge is 0.328 e. The minimum Gasteiger partial charge on any atom is -0.328 e. The molecular weight excluding hydrogens is 335 g/mol. The van der Waals surface area contributed by atoms with E-state index >= 15 is 0 Å². The molecule has 1 aromatic heterocycles. The van der Waals surface area contributed by atoms with Crippen LogP contribution in [0.25, 0.3) is 0 Å². The number of halogens is 1. The van der Waals surface area contributed by atoms with Crippen LogP contribution in [-0.2, 0) is 20.5 Å². The van der Waals surface area contributed by atoms with Gasteiger partial charge in [0.2, 0.25) is 11.8 Å². The van der Waals surface area contributed by atoms with E-state index in [0.717, 1.165) is 0 Å². The molecule has 7 heteroatoms. The molecule has 132 valence electrons. The van der Waals surface area contributed by atoms with E-state index in [1.54, 1.807) is 10.8 Å².